The average molecular weight is 226 g/mol. The molecule has 3 heteroatoms. The number of hydrogen-bond donors (Lipinski definition) is 1. The minimum absolute atomic E-state index is 0.412. The van der Waals surface area contributed by atoms with Crippen LogP contribution in [0.2, 0.25) is 0 Å². The van der Waals surface area contributed by atoms with Gasteiger partial charge in [-0.2, -0.15) is 0 Å². The van der Waals surface area contributed by atoms with Crippen LogP contribution in [0.4, 0.5) is 0 Å². The SMILES string of the molecule is Cc1nc(C(C)C)sc1C(C)NC(C)C. The highest BCUT2D eigenvalue weighted by Crippen LogP contribution is 2.29. The van der Waals surface area contributed by atoms with Gasteiger partial charge in [-0.05, 0) is 13.8 Å². The van der Waals surface area contributed by atoms with Crippen LogP contribution in [-0.4, -0.2) is 11.0 Å². The largest absolute Gasteiger partial charge is 0.307 e. The van der Waals surface area contributed by atoms with Crippen LogP contribution in [0, 0.1) is 6.92 Å². The monoisotopic (exact) mass is 226 g/mol. The van der Waals surface area contributed by atoms with E-state index in [2.05, 4.69) is 51.8 Å². The Hall–Kier alpha value is -0.410. The topological polar surface area (TPSA) is 24.9 Å². The Morgan fingerprint density at radius 1 is 1.13 bits per heavy atom. The van der Waals surface area contributed by atoms with Gasteiger partial charge in [0.05, 0.1) is 10.7 Å². The first-order valence-corrected chi connectivity index (χ1v) is 6.46. The highest BCUT2D eigenvalue weighted by atomic mass is 32.1. The van der Waals surface area contributed by atoms with Gasteiger partial charge in [0.2, 0.25) is 0 Å². The molecule has 1 N–H and O–H groups in total. The summed E-state index contributed by atoms with van der Waals surface area (Å²) in [6.45, 7) is 13.1. The van der Waals surface area contributed by atoms with Gasteiger partial charge in [0.1, 0.15) is 0 Å². The van der Waals surface area contributed by atoms with Crippen molar-refractivity contribution in [2.45, 2.75) is 59.5 Å². The third kappa shape index (κ3) is 3.28. The van der Waals surface area contributed by atoms with Crippen molar-refractivity contribution in [1.82, 2.24) is 10.3 Å². The molecule has 0 saturated heterocycles. The van der Waals surface area contributed by atoms with Crippen LogP contribution in [-0.2, 0) is 0 Å². The molecule has 0 aliphatic heterocycles. The van der Waals surface area contributed by atoms with Gasteiger partial charge in [-0.25, -0.2) is 4.98 Å². The molecule has 2 nitrogen and oxygen atoms in total. The molecule has 0 amide bonds. The van der Waals surface area contributed by atoms with E-state index in [4.69, 9.17) is 0 Å². The maximum atomic E-state index is 4.62. The standard InChI is InChI=1S/C12H22N2S/c1-7(2)12-14-10(6)11(15-12)9(5)13-8(3)4/h7-9,13H,1-6H3. The summed E-state index contributed by atoms with van der Waals surface area (Å²) in [4.78, 5) is 6.00. The highest BCUT2D eigenvalue weighted by molar-refractivity contribution is 7.11. The predicted octanol–water partition coefficient (Wildman–Crippen LogP) is 3.63. The van der Waals surface area contributed by atoms with E-state index in [1.54, 1.807) is 0 Å². The number of hydrogen-bond acceptors (Lipinski definition) is 3. The van der Waals surface area contributed by atoms with Crippen molar-refractivity contribution in [2.75, 3.05) is 0 Å². The van der Waals surface area contributed by atoms with Crippen molar-refractivity contribution in [3.05, 3.63) is 15.6 Å². The number of aryl methyl sites for hydroxylation is 1. The van der Waals surface area contributed by atoms with E-state index in [-0.39, 0.29) is 0 Å². The summed E-state index contributed by atoms with van der Waals surface area (Å²) in [7, 11) is 0. The summed E-state index contributed by atoms with van der Waals surface area (Å²) >= 11 is 1.84. The molecule has 86 valence electrons. The Labute approximate surface area is 97.1 Å². The van der Waals surface area contributed by atoms with Gasteiger partial charge in [-0.15, -0.1) is 11.3 Å². The lowest BCUT2D eigenvalue weighted by atomic mass is 10.2. The summed E-state index contributed by atoms with van der Waals surface area (Å²) in [6.07, 6.45) is 0. The van der Waals surface area contributed by atoms with Crippen LogP contribution >= 0.6 is 11.3 Å². The number of thiazole rings is 1. The second-order valence-electron chi connectivity index (χ2n) is 4.70. The molecule has 1 unspecified atom stereocenters. The Morgan fingerprint density at radius 3 is 2.13 bits per heavy atom. The van der Waals surface area contributed by atoms with Crippen LogP contribution < -0.4 is 5.32 Å². The van der Waals surface area contributed by atoms with E-state index in [0.717, 1.165) is 0 Å². The average Bonchev–Trinajstić information content (AvgIpc) is 2.46. The van der Waals surface area contributed by atoms with Crippen molar-refractivity contribution in [1.29, 1.82) is 0 Å². The fraction of sp³-hybridized carbons (Fsp3) is 0.750. The predicted molar refractivity (Wildman–Crippen MR) is 67.6 cm³/mol. The molecule has 1 aromatic rings. The van der Waals surface area contributed by atoms with Crippen molar-refractivity contribution >= 4 is 11.3 Å². The zero-order chi connectivity index (χ0) is 11.6. The zero-order valence-electron chi connectivity index (χ0n) is 10.6. The third-order valence-corrected chi connectivity index (χ3v) is 3.96. The first-order chi connectivity index (χ1) is 6.91. The molecule has 0 radical (unpaired) electrons. The fourth-order valence-corrected chi connectivity index (χ4v) is 2.74. The minimum atomic E-state index is 0.412. The molecular weight excluding hydrogens is 204 g/mol. The first-order valence-electron chi connectivity index (χ1n) is 5.65. The van der Waals surface area contributed by atoms with Crippen LogP contribution in [0.3, 0.4) is 0 Å². The van der Waals surface area contributed by atoms with Crippen LogP contribution in [0.5, 0.6) is 0 Å². The van der Waals surface area contributed by atoms with Gasteiger partial charge in [0.25, 0.3) is 0 Å². The van der Waals surface area contributed by atoms with E-state index < -0.39 is 0 Å². The van der Waals surface area contributed by atoms with E-state index in [1.165, 1.54) is 15.6 Å². The molecule has 1 aromatic heterocycles. The van der Waals surface area contributed by atoms with Gasteiger partial charge in [-0.1, -0.05) is 27.7 Å². The Balaban J connectivity index is 2.84. The summed E-state index contributed by atoms with van der Waals surface area (Å²) < 4.78 is 0. The lowest BCUT2D eigenvalue weighted by molar-refractivity contribution is 0.510. The molecule has 0 spiro atoms. The van der Waals surface area contributed by atoms with E-state index in [0.29, 0.717) is 18.0 Å². The molecule has 0 fully saturated rings. The molecular formula is C12H22N2S. The Morgan fingerprint density at radius 2 is 1.73 bits per heavy atom. The molecule has 1 rings (SSSR count). The van der Waals surface area contributed by atoms with Gasteiger partial charge in [0, 0.05) is 22.9 Å². The van der Waals surface area contributed by atoms with Crippen molar-refractivity contribution in [3.63, 3.8) is 0 Å². The molecule has 1 heterocycles. The second-order valence-corrected chi connectivity index (χ2v) is 5.76. The summed E-state index contributed by atoms with van der Waals surface area (Å²) in [5, 5.41) is 4.77. The summed E-state index contributed by atoms with van der Waals surface area (Å²) in [5.74, 6) is 0.536. The van der Waals surface area contributed by atoms with Crippen LogP contribution in [0.15, 0.2) is 0 Å². The molecule has 0 aliphatic rings. The van der Waals surface area contributed by atoms with Gasteiger partial charge in [-0.3, -0.25) is 0 Å². The molecule has 0 bridgehead atoms. The second kappa shape index (κ2) is 5.08. The lowest BCUT2D eigenvalue weighted by Gasteiger charge is -2.15. The van der Waals surface area contributed by atoms with Crippen molar-refractivity contribution in [3.8, 4) is 0 Å². The Bertz CT molecular complexity index is 315. The third-order valence-electron chi connectivity index (χ3n) is 2.32. The molecule has 0 saturated carbocycles. The molecule has 15 heavy (non-hydrogen) atoms. The van der Waals surface area contributed by atoms with Gasteiger partial charge < -0.3 is 5.32 Å². The summed E-state index contributed by atoms with van der Waals surface area (Å²) in [6, 6.07) is 0.930. The Kier molecular flexibility index (Phi) is 4.29. The fourth-order valence-electron chi connectivity index (χ4n) is 1.65. The lowest BCUT2D eigenvalue weighted by Crippen LogP contribution is -2.25. The quantitative estimate of drug-likeness (QED) is 0.848. The first kappa shape index (κ1) is 12.7. The number of nitrogens with one attached hydrogen (secondary N) is 1. The van der Waals surface area contributed by atoms with Crippen molar-refractivity contribution < 1.29 is 0 Å². The molecule has 0 aromatic carbocycles. The van der Waals surface area contributed by atoms with E-state index >= 15 is 0 Å². The molecule has 0 aliphatic carbocycles. The maximum Gasteiger partial charge on any atom is 0.0956 e. The number of aromatic nitrogens is 1. The van der Waals surface area contributed by atoms with Gasteiger partial charge >= 0.3 is 0 Å². The number of nitrogens with zero attached hydrogens (tertiary/aromatic N) is 1. The van der Waals surface area contributed by atoms with Crippen molar-refractivity contribution in [2.24, 2.45) is 0 Å². The number of rotatable bonds is 4. The van der Waals surface area contributed by atoms with Crippen LogP contribution in [0.1, 0.15) is 62.2 Å². The smallest absolute Gasteiger partial charge is 0.0956 e. The summed E-state index contributed by atoms with van der Waals surface area (Å²) in [5.41, 5.74) is 1.18. The van der Waals surface area contributed by atoms with Crippen LogP contribution in [0.25, 0.3) is 0 Å². The minimum Gasteiger partial charge on any atom is -0.307 e. The van der Waals surface area contributed by atoms with Gasteiger partial charge in [0.15, 0.2) is 0 Å². The molecule has 1 atom stereocenters. The van der Waals surface area contributed by atoms with E-state index in [9.17, 15) is 0 Å². The zero-order valence-corrected chi connectivity index (χ0v) is 11.4. The van der Waals surface area contributed by atoms with E-state index in [1.807, 2.05) is 11.3 Å². The normalized spacial score (nSPS) is 13.9. The maximum absolute atomic E-state index is 4.62. The highest BCUT2D eigenvalue weighted by Gasteiger charge is 2.15.